The van der Waals surface area contributed by atoms with E-state index in [1.54, 1.807) is 18.3 Å². The van der Waals surface area contributed by atoms with Crippen LogP contribution in [0.15, 0.2) is 60.8 Å². The van der Waals surface area contributed by atoms with Gasteiger partial charge in [0.15, 0.2) is 0 Å². The van der Waals surface area contributed by atoms with Crippen molar-refractivity contribution in [1.29, 1.82) is 5.26 Å². The highest BCUT2D eigenvalue weighted by Crippen LogP contribution is 2.30. The van der Waals surface area contributed by atoms with E-state index in [1.807, 2.05) is 18.2 Å². The minimum absolute atomic E-state index is 0.00242. The summed E-state index contributed by atoms with van der Waals surface area (Å²) in [5.41, 5.74) is 4.71. The first kappa shape index (κ1) is 16.2. The fourth-order valence-corrected chi connectivity index (χ4v) is 2.80. The van der Waals surface area contributed by atoms with Crippen LogP contribution in [-0.2, 0) is 0 Å². The molecule has 4 nitrogen and oxygen atoms in total. The maximum Gasteiger partial charge on any atom is 0.227 e. The Morgan fingerprint density at radius 2 is 1.75 bits per heavy atom. The topological polar surface area (TPSA) is 61.6 Å². The molecule has 1 unspecified atom stereocenters. The van der Waals surface area contributed by atoms with Crippen molar-refractivity contribution in [2.75, 3.05) is 5.32 Å². The maximum atomic E-state index is 8.84. The van der Waals surface area contributed by atoms with Gasteiger partial charge in [0.05, 0.1) is 22.2 Å². The zero-order valence-electron chi connectivity index (χ0n) is 13.1. The number of nitriles is 1. The Hall–Kier alpha value is -2.71. The molecule has 0 bridgehead atoms. The lowest BCUT2D eigenvalue weighted by molar-refractivity contribution is 1.02. The Kier molecular flexibility index (Phi) is 4.88. The molecule has 1 atom stereocenters. The van der Waals surface area contributed by atoms with Crippen molar-refractivity contribution in [3.63, 3.8) is 0 Å². The Labute approximate surface area is 149 Å². The van der Waals surface area contributed by atoms with Gasteiger partial charge in [0.25, 0.3) is 0 Å². The highest BCUT2D eigenvalue weighted by molar-refractivity contribution is 9.09. The molecule has 0 spiro atoms. The molecule has 0 fully saturated rings. The van der Waals surface area contributed by atoms with E-state index in [4.69, 9.17) is 5.26 Å². The van der Waals surface area contributed by atoms with Gasteiger partial charge in [0.1, 0.15) is 0 Å². The van der Waals surface area contributed by atoms with Crippen LogP contribution in [0.2, 0.25) is 0 Å². The SMILES string of the molecule is Cc1ccc(C(Br)c2ccnc(Nc3ccc(C#N)cc3)n2)cc1. The smallest absolute Gasteiger partial charge is 0.227 e. The average molecular weight is 379 g/mol. The molecule has 0 radical (unpaired) electrons. The average Bonchev–Trinajstić information content (AvgIpc) is 2.63. The molecule has 0 aliphatic carbocycles. The molecule has 0 amide bonds. The van der Waals surface area contributed by atoms with Crippen LogP contribution in [0.25, 0.3) is 0 Å². The summed E-state index contributed by atoms with van der Waals surface area (Å²) in [6.07, 6.45) is 1.73. The summed E-state index contributed by atoms with van der Waals surface area (Å²) >= 11 is 3.70. The Morgan fingerprint density at radius 1 is 1.04 bits per heavy atom. The van der Waals surface area contributed by atoms with Crippen LogP contribution in [0.4, 0.5) is 11.6 Å². The molecule has 0 aliphatic heterocycles. The van der Waals surface area contributed by atoms with Gasteiger partial charge in [-0.25, -0.2) is 9.97 Å². The molecule has 1 heterocycles. The molecule has 0 aliphatic rings. The standard InChI is InChI=1S/C19H15BrN4/c1-13-2-6-15(7-3-13)18(20)17-10-11-22-19(24-17)23-16-8-4-14(12-21)5-9-16/h2-11,18H,1H3,(H,22,23,24). The third kappa shape index (κ3) is 3.79. The second kappa shape index (κ2) is 7.24. The summed E-state index contributed by atoms with van der Waals surface area (Å²) in [5, 5.41) is 12.0. The summed E-state index contributed by atoms with van der Waals surface area (Å²) in [6.45, 7) is 2.07. The molecule has 2 aromatic carbocycles. The number of aromatic nitrogens is 2. The quantitative estimate of drug-likeness (QED) is 0.656. The van der Waals surface area contributed by atoms with Crippen molar-refractivity contribution < 1.29 is 0 Å². The monoisotopic (exact) mass is 378 g/mol. The number of benzene rings is 2. The summed E-state index contributed by atoms with van der Waals surface area (Å²) in [6, 6.07) is 19.5. The Bertz CT molecular complexity index is 867. The summed E-state index contributed by atoms with van der Waals surface area (Å²) in [5.74, 6) is 0.522. The van der Waals surface area contributed by atoms with Gasteiger partial charge in [-0.15, -0.1) is 0 Å². The Balaban J connectivity index is 1.80. The van der Waals surface area contributed by atoms with Gasteiger partial charge in [-0.3, -0.25) is 0 Å². The predicted molar refractivity (Wildman–Crippen MR) is 98.4 cm³/mol. The van der Waals surface area contributed by atoms with E-state index in [0.29, 0.717) is 11.5 Å². The largest absolute Gasteiger partial charge is 0.324 e. The minimum atomic E-state index is 0.00242. The lowest BCUT2D eigenvalue weighted by atomic mass is 10.1. The molecule has 24 heavy (non-hydrogen) atoms. The molecule has 1 aromatic heterocycles. The number of anilines is 2. The Morgan fingerprint density at radius 3 is 2.42 bits per heavy atom. The number of nitrogens with zero attached hydrogens (tertiary/aromatic N) is 3. The first-order chi connectivity index (χ1) is 11.7. The van der Waals surface area contributed by atoms with Crippen LogP contribution >= 0.6 is 15.9 Å². The molecule has 3 aromatic rings. The van der Waals surface area contributed by atoms with Crippen molar-refractivity contribution >= 4 is 27.6 Å². The fraction of sp³-hybridized carbons (Fsp3) is 0.105. The summed E-state index contributed by atoms with van der Waals surface area (Å²) in [4.78, 5) is 8.84. The lowest BCUT2D eigenvalue weighted by Crippen LogP contribution is -2.02. The second-order valence-electron chi connectivity index (χ2n) is 5.39. The molecule has 1 N–H and O–H groups in total. The van der Waals surface area contributed by atoms with E-state index < -0.39 is 0 Å². The van der Waals surface area contributed by atoms with Gasteiger partial charge >= 0.3 is 0 Å². The molecule has 0 saturated carbocycles. The second-order valence-corrected chi connectivity index (χ2v) is 6.31. The first-order valence-corrected chi connectivity index (χ1v) is 8.38. The number of hydrogen-bond acceptors (Lipinski definition) is 4. The van der Waals surface area contributed by atoms with E-state index in [0.717, 1.165) is 16.9 Å². The van der Waals surface area contributed by atoms with Gasteiger partial charge in [-0.05, 0) is 42.8 Å². The van der Waals surface area contributed by atoms with E-state index in [9.17, 15) is 0 Å². The number of aryl methyl sites for hydroxylation is 1. The predicted octanol–water partition coefficient (Wildman–Crippen LogP) is 4.88. The van der Waals surface area contributed by atoms with Gasteiger partial charge in [0, 0.05) is 11.9 Å². The normalized spacial score (nSPS) is 11.5. The zero-order valence-corrected chi connectivity index (χ0v) is 14.7. The minimum Gasteiger partial charge on any atom is -0.324 e. The van der Waals surface area contributed by atoms with Crippen molar-refractivity contribution in [1.82, 2.24) is 9.97 Å². The van der Waals surface area contributed by atoms with Crippen molar-refractivity contribution in [2.45, 2.75) is 11.8 Å². The number of nitrogens with one attached hydrogen (secondary N) is 1. The van der Waals surface area contributed by atoms with Crippen molar-refractivity contribution in [3.05, 3.63) is 83.2 Å². The summed E-state index contributed by atoms with van der Waals surface area (Å²) < 4.78 is 0. The molecular formula is C19H15BrN4. The van der Waals surface area contributed by atoms with Crippen molar-refractivity contribution in [2.24, 2.45) is 0 Å². The van der Waals surface area contributed by atoms with Gasteiger partial charge in [0.2, 0.25) is 5.95 Å². The zero-order chi connectivity index (χ0) is 16.9. The molecule has 5 heteroatoms. The van der Waals surface area contributed by atoms with Crippen LogP contribution < -0.4 is 5.32 Å². The molecule has 0 saturated heterocycles. The van der Waals surface area contributed by atoms with Crippen LogP contribution in [-0.4, -0.2) is 9.97 Å². The highest BCUT2D eigenvalue weighted by Gasteiger charge is 2.12. The highest BCUT2D eigenvalue weighted by atomic mass is 79.9. The fourth-order valence-electron chi connectivity index (χ4n) is 2.24. The van der Waals surface area contributed by atoms with E-state index >= 15 is 0 Å². The van der Waals surface area contributed by atoms with Gasteiger partial charge in [-0.1, -0.05) is 45.8 Å². The lowest BCUT2D eigenvalue weighted by Gasteiger charge is -2.12. The number of alkyl halides is 1. The van der Waals surface area contributed by atoms with E-state index in [2.05, 4.69) is 68.5 Å². The van der Waals surface area contributed by atoms with Crippen molar-refractivity contribution in [3.8, 4) is 6.07 Å². The number of halogens is 1. The third-order valence-electron chi connectivity index (χ3n) is 3.58. The molecular weight excluding hydrogens is 364 g/mol. The van der Waals surface area contributed by atoms with Crippen LogP contribution in [0.1, 0.15) is 27.2 Å². The van der Waals surface area contributed by atoms with Crippen LogP contribution in [0.3, 0.4) is 0 Å². The maximum absolute atomic E-state index is 8.84. The summed E-state index contributed by atoms with van der Waals surface area (Å²) in [7, 11) is 0. The van der Waals surface area contributed by atoms with E-state index in [-0.39, 0.29) is 4.83 Å². The molecule has 118 valence electrons. The first-order valence-electron chi connectivity index (χ1n) is 7.46. The third-order valence-corrected chi connectivity index (χ3v) is 4.57. The van der Waals surface area contributed by atoms with Crippen LogP contribution in [0.5, 0.6) is 0 Å². The molecule has 3 rings (SSSR count). The number of rotatable bonds is 4. The van der Waals surface area contributed by atoms with E-state index in [1.165, 1.54) is 5.56 Å². The van der Waals surface area contributed by atoms with Gasteiger partial charge in [-0.2, -0.15) is 5.26 Å². The van der Waals surface area contributed by atoms with Gasteiger partial charge < -0.3 is 5.32 Å². The van der Waals surface area contributed by atoms with Crippen LogP contribution in [0, 0.1) is 18.3 Å². The number of hydrogen-bond donors (Lipinski definition) is 1.